The van der Waals surface area contributed by atoms with Crippen molar-refractivity contribution in [3.63, 3.8) is 0 Å². The van der Waals surface area contributed by atoms with Crippen LogP contribution >= 0.6 is 0 Å². The van der Waals surface area contributed by atoms with Crippen LogP contribution in [-0.4, -0.2) is 53.8 Å². The van der Waals surface area contributed by atoms with Crippen molar-refractivity contribution in [1.29, 1.82) is 0 Å². The highest BCUT2D eigenvalue weighted by Gasteiger charge is 2.12. The maximum Gasteiger partial charge on any atom is 0.339 e. The van der Waals surface area contributed by atoms with Gasteiger partial charge >= 0.3 is 12.0 Å². The summed E-state index contributed by atoms with van der Waals surface area (Å²) in [5.74, 6) is -1.61. The first-order valence-electron chi connectivity index (χ1n) is 6.58. The van der Waals surface area contributed by atoms with Crippen LogP contribution in [0, 0.1) is 0 Å². The van der Waals surface area contributed by atoms with Crippen LogP contribution in [0.15, 0.2) is 18.2 Å². The van der Waals surface area contributed by atoms with Gasteiger partial charge in [0, 0.05) is 17.8 Å². The van der Waals surface area contributed by atoms with Crippen molar-refractivity contribution < 1.29 is 19.8 Å². The summed E-state index contributed by atoms with van der Waals surface area (Å²) >= 11 is 0. The Balaban J connectivity index is 2.55. The largest absolute Gasteiger partial charge is 0.507 e. The van der Waals surface area contributed by atoms with E-state index in [1.807, 2.05) is 25.9 Å². The highest BCUT2D eigenvalue weighted by atomic mass is 16.4. The molecule has 0 fully saturated rings. The van der Waals surface area contributed by atoms with Crippen LogP contribution in [0.2, 0.25) is 0 Å². The third-order valence-corrected chi connectivity index (χ3v) is 2.87. The monoisotopic (exact) mass is 295 g/mol. The minimum absolute atomic E-state index is 0.000658. The zero-order valence-corrected chi connectivity index (χ0v) is 12.4. The second kappa shape index (κ2) is 7.49. The van der Waals surface area contributed by atoms with Crippen LogP contribution in [0.3, 0.4) is 0 Å². The van der Waals surface area contributed by atoms with Gasteiger partial charge in [0.2, 0.25) is 0 Å². The zero-order valence-electron chi connectivity index (χ0n) is 12.4. The highest BCUT2D eigenvalue weighted by molar-refractivity contribution is 5.93. The average molecular weight is 295 g/mol. The molecule has 0 aliphatic carbocycles. The van der Waals surface area contributed by atoms with Gasteiger partial charge in [0.15, 0.2) is 0 Å². The molecule has 0 aliphatic heterocycles. The van der Waals surface area contributed by atoms with E-state index in [0.29, 0.717) is 5.69 Å². The molecular formula is C14H21N3O4. The van der Waals surface area contributed by atoms with Crippen molar-refractivity contribution in [2.75, 3.05) is 26.0 Å². The number of carbonyl (C=O) groups is 2. The molecule has 2 amide bonds. The second-order valence-corrected chi connectivity index (χ2v) is 5.13. The SMILES string of the molecule is CC(CCN(C)C)NC(=O)Nc1ccc(C(=O)O)c(O)c1. The molecule has 1 aromatic carbocycles. The molecule has 0 bridgehead atoms. The fourth-order valence-corrected chi connectivity index (χ4v) is 1.71. The van der Waals surface area contributed by atoms with Crippen LogP contribution in [0.25, 0.3) is 0 Å². The molecule has 0 aliphatic rings. The number of amides is 2. The Labute approximate surface area is 123 Å². The summed E-state index contributed by atoms with van der Waals surface area (Å²) in [6.45, 7) is 2.75. The van der Waals surface area contributed by atoms with Crippen molar-refractivity contribution in [3.8, 4) is 5.75 Å². The highest BCUT2D eigenvalue weighted by Crippen LogP contribution is 2.21. The van der Waals surface area contributed by atoms with Crippen LogP contribution in [0.5, 0.6) is 5.75 Å². The predicted molar refractivity (Wildman–Crippen MR) is 79.9 cm³/mol. The van der Waals surface area contributed by atoms with E-state index in [1.54, 1.807) is 0 Å². The van der Waals surface area contributed by atoms with Gasteiger partial charge in [0.05, 0.1) is 0 Å². The number of carboxylic acids is 1. The van der Waals surface area contributed by atoms with E-state index in [1.165, 1.54) is 18.2 Å². The van der Waals surface area contributed by atoms with E-state index < -0.39 is 12.0 Å². The molecule has 7 heteroatoms. The number of carboxylic acid groups (broad SMARTS) is 1. The van der Waals surface area contributed by atoms with Crippen LogP contribution in [0.4, 0.5) is 10.5 Å². The number of hydrogen-bond donors (Lipinski definition) is 4. The first kappa shape index (κ1) is 16.8. The summed E-state index contributed by atoms with van der Waals surface area (Å²) in [6, 6.07) is 3.46. The van der Waals surface area contributed by atoms with Crippen LogP contribution in [0.1, 0.15) is 23.7 Å². The summed E-state index contributed by atoms with van der Waals surface area (Å²) < 4.78 is 0. The van der Waals surface area contributed by atoms with E-state index >= 15 is 0 Å². The average Bonchev–Trinajstić information content (AvgIpc) is 2.35. The van der Waals surface area contributed by atoms with Crippen molar-refractivity contribution in [1.82, 2.24) is 10.2 Å². The smallest absolute Gasteiger partial charge is 0.339 e. The lowest BCUT2D eigenvalue weighted by molar-refractivity contribution is 0.0694. The Bertz CT molecular complexity index is 517. The first-order chi connectivity index (χ1) is 9.79. The number of carbonyl (C=O) groups excluding carboxylic acids is 1. The number of rotatable bonds is 6. The standard InChI is InChI=1S/C14H21N3O4/c1-9(6-7-17(2)3)15-14(21)16-10-4-5-11(13(19)20)12(18)8-10/h4-5,8-9,18H,6-7H2,1-3H3,(H,19,20)(H2,15,16,21). The Kier molecular flexibility index (Phi) is 5.98. The summed E-state index contributed by atoms with van der Waals surface area (Å²) in [4.78, 5) is 24.6. The quantitative estimate of drug-likeness (QED) is 0.638. The lowest BCUT2D eigenvalue weighted by atomic mass is 10.2. The second-order valence-electron chi connectivity index (χ2n) is 5.13. The number of urea groups is 1. The molecule has 21 heavy (non-hydrogen) atoms. The van der Waals surface area contributed by atoms with E-state index in [2.05, 4.69) is 10.6 Å². The number of benzene rings is 1. The molecule has 1 unspecified atom stereocenters. The molecule has 0 saturated carbocycles. The van der Waals surface area contributed by atoms with E-state index in [4.69, 9.17) is 5.11 Å². The van der Waals surface area contributed by atoms with Crippen molar-refractivity contribution >= 4 is 17.7 Å². The fourth-order valence-electron chi connectivity index (χ4n) is 1.71. The molecular weight excluding hydrogens is 274 g/mol. The Morgan fingerprint density at radius 1 is 1.33 bits per heavy atom. The van der Waals surface area contributed by atoms with Gasteiger partial charge in [-0.25, -0.2) is 9.59 Å². The third-order valence-electron chi connectivity index (χ3n) is 2.87. The van der Waals surface area contributed by atoms with Gasteiger partial charge in [-0.2, -0.15) is 0 Å². The number of aromatic carboxylic acids is 1. The normalized spacial score (nSPS) is 12.0. The molecule has 0 aromatic heterocycles. The van der Waals surface area contributed by atoms with Gasteiger partial charge in [0.1, 0.15) is 11.3 Å². The molecule has 1 aromatic rings. The number of phenols is 1. The van der Waals surface area contributed by atoms with Crippen molar-refractivity contribution in [2.45, 2.75) is 19.4 Å². The molecule has 0 saturated heterocycles. The molecule has 0 heterocycles. The van der Waals surface area contributed by atoms with Crippen molar-refractivity contribution in [2.24, 2.45) is 0 Å². The van der Waals surface area contributed by atoms with E-state index in [0.717, 1.165) is 13.0 Å². The maximum atomic E-state index is 11.8. The Morgan fingerprint density at radius 2 is 2.00 bits per heavy atom. The zero-order chi connectivity index (χ0) is 16.0. The summed E-state index contributed by atoms with van der Waals surface area (Å²) in [6.07, 6.45) is 0.809. The molecule has 116 valence electrons. The number of nitrogens with one attached hydrogen (secondary N) is 2. The molecule has 1 rings (SSSR count). The van der Waals surface area contributed by atoms with E-state index in [-0.39, 0.29) is 17.4 Å². The van der Waals surface area contributed by atoms with E-state index in [9.17, 15) is 14.7 Å². The van der Waals surface area contributed by atoms with Crippen LogP contribution < -0.4 is 10.6 Å². The fraction of sp³-hybridized carbons (Fsp3) is 0.429. The lowest BCUT2D eigenvalue weighted by Crippen LogP contribution is -2.37. The number of aromatic hydroxyl groups is 1. The number of hydrogen-bond acceptors (Lipinski definition) is 4. The number of anilines is 1. The summed E-state index contributed by atoms with van der Waals surface area (Å²) in [5.41, 5.74) is 0.120. The topological polar surface area (TPSA) is 102 Å². The first-order valence-corrected chi connectivity index (χ1v) is 6.58. The predicted octanol–water partition coefficient (Wildman–Crippen LogP) is 1.55. The Morgan fingerprint density at radius 3 is 2.52 bits per heavy atom. The molecule has 1 atom stereocenters. The van der Waals surface area contributed by atoms with Gasteiger partial charge in [-0.1, -0.05) is 0 Å². The van der Waals surface area contributed by atoms with Crippen LogP contribution in [-0.2, 0) is 0 Å². The third kappa shape index (κ3) is 5.70. The summed E-state index contributed by atoms with van der Waals surface area (Å²) in [5, 5.41) is 23.7. The van der Waals surface area contributed by atoms with Gasteiger partial charge in [-0.05, 0) is 46.1 Å². The molecule has 4 N–H and O–H groups in total. The van der Waals surface area contributed by atoms with Gasteiger partial charge < -0.3 is 25.7 Å². The van der Waals surface area contributed by atoms with Gasteiger partial charge in [-0.15, -0.1) is 0 Å². The van der Waals surface area contributed by atoms with Crippen molar-refractivity contribution in [3.05, 3.63) is 23.8 Å². The Hall–Kier alpha value is -2.28. The minimum atomic E-state index is -1.22. The molecule has 0 spiro atoms. The number of nitrogens with zero attached hydrogens (tertiary/aromatic N) is 1. The van der Waals surface area contributed by atoms with Gasteiger partial charge in [-0.3, -0.25) is 0 Å². The minimum Gasteiger partial charge on any atom is -0.507 e. The van der Waals surface area contributed by atoms with Gasteiger partial charge in [0.25, 0.3) is 0 Å². The summed E-state index contributed by atoms with van der Waals surface area (Å²) in [7, 11) is 3.92. The molecule has 0 radical (unpaired) electrons. The molecule has 7 nitrogen and oxygen atoms in total. The lowest BCUT2D eigenvalue weighted by Gasteiger charge is -2.17. The maximum absolute atomic E-state index is 11.8.